The van der Waals surface area contributed by atoms with E-state index < -0.39 is 0 Å². The smallest absolute Gasteiger partial charge is 0.0234 e. The van der Waals surface area contributed by atoms with Gasteiger partial charge in [-0.2, -0.15) is 11.8 Å². The van der Waals surface area contributed by atoms with Crippen molar-refractivity contribution in [2.45, 2.75) is 13.0 Å². The van der Waals surface area contributed by atoms with E-state index in [1.807, 2.05) is 0 Å². The van der Waals surface area contributed by atoms with Gasteiger partial charge < -0.3 is 0 Å². The molecule has 3 heteroatoms. The molecule has 82 valence electrons. The van der Waals surface area contributed by atoms with E-state index in [1.54, 1.807) is 0 Å². The lowest BCUT2D eigenvalue weighted by molar-refractivity contribution is 0.287. The summed E-state index contributed by atoms with van der Waals surface area (Å²) >= 11 is 5.55. The van der Waals surface area contributed by atoms with Gasteiger partial charge in [0, 0.05) is 23.3 Å². The van der Waals surface area contributed by atoms with Crippen molar-refractivity contribution in [2.24, 2.45) is 0 Å². The summed E-state index contributed by atoms with van der Waals surface area (Å²) in [7, 11) is 0. The van der Waals surface area contributed by atoms with Crippen LogP contribution in [0.15, 0.2) is 28.7 Å². The molecule has 0 bridgehead atoms. The van der Waals surface area contributed by atoms with E-state index in [0.29, 0.717) is 0 Å². The number of benzene rings is 1. The molecular formula is C12H16BrNS. The van der Waals surface area contributed by atoms with Gasteiger partial charge in [0.05, 0.1) is 0 Å². The molecule has 1 aliphatic rings. The summed E-state index contributed by atoms with van der Waals surface area (Å²) in [6.07, 6.45) is 1.33. The van der Waals surface area contributed by atoms with Crippen molar-refractivity contribution < 1.29 is 0 Å². The summed E-state index contributed by atoms with van der Waals surface area (Å²) in [5.41, 5.74) is 1.42. The monoisotopic (exact) mass is 285 g/mol. The summed E-state index contributed by atoms with van der Waals surface area (Å²) in [4.78, 5) is 2.56. The van der Waals surface area contributed by atoms with Crippen molar-refractivity contribution in [1.29, 1.82) is 0 Å². The van der Waals surface area contributed by atoms with E-state index in [1.165, 1.54) is 36.6 Å². The highest BCUT2D eigenvalue weighted by atomic mass is 79.9. The Morgan fingerprint density at radius 3 is 2.73 bits per heavy atom. The molecule has 2 rings (SSSR count). The van der Waals surface area contributed by atoms with Crippen LogP contribution in [0.25, 0.3) is 0 Å². The highest BCUT2D eigenvalue weighted by molar-refractivity contribution is 9.10. The minimum absolute atomic E-state index is 1.10. The van der Waals surface area contributed by atoms with Gasteiger partial charge in [0.15, 0.2) is 0 Å². The summed E-state index contributed by atoms with van der Waals surface area (Å²) in [6, 6.07) is 8.67. The molecule has 1 heterocycles. The maximum atomic E-state index is 3.47. The van der Waals surface area contributed by atoms with Gasteiger partial charge in [-0.1, -0.05) is 28.1 Å². The molecule has 0 N–H and O–H groups in total. The Morgan fingerprint density at radius 2 is 1.93 bits per heavy atom. The normalized spacial score (nSPS) is 18.7. The third-order valence-electron chi connectivity index (χ3n) is 2.63. The first kappa shape index (κ1) is 11.5. The molecule has 1 aliphatic heterocycles. The molecule has 1 aromatic carbocycles. The molecule has 0 spiro atoms. The largest absolute Gasteiger partial charge is 0.298 e. The molecule has 0 atom stereocenters. The quantitative estimate of drug-likeness (QED) is 0.820. The SMILES string of the molecule is Brc1ccc(CN2CCCSCC2)cc1. The van der Waals surface area contributed by atoms with E-state index in [4.69, 9.17) is 0 Å². The molecule has 0 radical (unpaired) electrons. The summed E-state index contributed by atoms with van der Waals surface area (Å²) in [6.45, 7) is 3.59. The molecule has 0 aromatic heterocycles. The van der Waals surface area contributed by atoms with Crippen molar-refractivity contribution in [3.63, 3.8) is 0 Å². The number of halogens is 1. The van der Waals surface area contributed by atoms with Gasteiger partial charge in [0.25, 0.3) is 0 Å². The molecule has 1 aromatic rings. The fraction of sp³-hybridized carbons (Fsp3) is 0.500. The first-order valence-corrected chi connectivity index (χ1v) is 7.34. The van der Waals surface area contributed by atoms with Crippen molar-refractivity contribution >= 4 is 27.7 Å². The fourth-order valence-corrected chi connectivity index (χ4v) is 2.99. The second-order valence-electron chi connectivity index (χ2n) is 3.87. The number of hydrogen-bond donors (Lipinski definition) is 0. The lowest BCUT2D eigenvalue weighted by atomic mass is 10.2. The van der Waals surface area contributed by atoms with Gasteiger partial charge in [-0.25, -0.2) is 0 Å². The van der Waals surface area contributed by atoms with Crippen molar-refractivity contribution in [3.05, 3.63) is 34.3 Å². The second-order valence-corrected chi connectivity index (χ2v) is 6.01. The van der Waals surface area contributed by atoms with Gasteiger partial charge in [0.2, 0.25) is 0 Å². The molecular weight excluding hydrogens is 270 g/mol. The van der Waals surface area contributed by atoms with Crippen LogP contribution in [0.3, 0.4) is 0 Å². The third-order valence-corrected chi connectivity index (χ3v) is 4.21. The van der Waals surface area contributed by atoms with Crippen LogP contribution in [0.4, 0.5) is 0 Å². The predicted molar refractivity (Wildman–Crippen MR) is 71.4 cm³/mol. The highest BCUT2D eigenvalue weighted by Crippen LogP contribution is 2.15. The second kappa shape index (κ2) is 5.92. The van der Waals surface area contributed by atoms with Crippen molar-refractivity contribution in [2.75, 3.05) is 24.6 Å². The van der Waals surface area contributed by atoms with Crippen LogP contribution < -0.4 is 0 Å². The van der Waals surface area contributed by atoms with Crippen LogP contribution in [-0.4, -0.2) is 29.5 Å². The Hall–Kier alpha value is 0.01000. The van der Waals surface area contributed by atoms with Crippen LogP contribution >= 0.6 is 27.7 Å². The average Bonchev–Trinajstić information content (AvgIpc) is 2.50. The van der Waals surface area contributed by atoms with Gasteiger partial charge in [0.1, 0.15) is 0 Å². The van der Waals surface area contributed by atoms with E-state index in [9.17, 15) is 0 Å². The van der Waals surface area contributed by atoms with Crippen molar-refractivity contribution in [1.82, 2.24) is 4.90 Å². The molecule has 1 fully saturated rings. The van der Waals surface area contributed by atoms with Crippen LogP contribution in [0.2, 0.25) is 0 Å². The maximum absolute atomic E-state index is 3.47. The topological polar surface area (TPSA) is 3.24 Å². The molecule has 0 aliphatic carbocycles. The first-order valence-electron chi connectivity index (χ1n) is 5.39. The third kappa shape index (κ3) is 3.82. The zero-order valence-corrected chi connectivity index (χ0v) is 11.2. The van der Waals surface area contributed by atoms with Crippen molar-refractivity contribution in [3.8, 4) is 0 Å². The molecule has 15 heavy (non-hydrogen) atoms. The summed E-state index contributed by atoms with van der Waals surface area (Å²) in [5.74, 6) is 2.62. The minimum atomic E-state index is 1.10. The van der Waals surface area contributed by atoms with Gasteiger partial charge in [-0.15, -0.1) is 0 Å². The van der Waals surface area contributed by atoms with Crippen LogP contribution in [0.5, 0.6) is 0 Å². The predicted octanol–water partition coefficient (Wildman–Crippen LogP) is 3.39. The maximum Gasteiger partial charge on any atom is 0.0234 e. The van der Waals surface area contributed by atoms with E-state index in [-0.39, 0.29) is 0 Å². The number of thioether (sulfide) groups is 1. The Labute approximate surface area is 104 Å². The van der Waals surface area contributed by atoms with Crippen LogP contribution in [0.1, 0.15) is 12.0 Å². The van der Waals surface area contributed by atoms with Gasteiger partial charge in [-0.3, -0.25) is 4.90 Å². The van der Waals surface area contributed by atoms with Crippen LogP contribution in [-0.2, 0) is 6.54 Å². The standard InChI is InChI=1S/C12H16BrNS/c13-12-4-2-11(3-5-12)10-14-6-1-8-15-9-7-14/h2-5H,1,6-10H2. The first-order chi connectivity index (χ1) is 7.34. The zero-order valence-electron chi connectivity index (χ0n) is 8.79. The summed E-state index contributed by atoms with van der Waals surface area (Å²) in [5, 5.41) is 0. The molecule has 0 unspecified atom stereocenters. The number of nitrogens with zero attached hydrogens (tertiary/aromatic N) is 1. The van der Waals surface area contributed by atoms with Gasteiger partial charge in [-0.05, 0) is 36.4 Å². The highest BCUT2D eigenvalue weighted by Gasteiger charge is 2.09. The molecule has 1 saturated heterocycles. The molecule has 1 nitrogen and oxygen atoms in total. The Bertz CT molecular complexity index is 291. The lowest BCUT2D eigenvalue weighted by Gasteiger charge is -2.19. The molecule has 0 saturated carbocycles. The number of hydrogen-bond acceptors (Lipinski definition) is 2. The Morgan fingerprint density at radius 1 is 1.13 bits per heavy atom. The number of rotatable bonds is 2. The van der Waals surface area contributed by atoms with E-state index >= 15 is 0 Å². The van der Waals surface area contributed by atoms with Crippen LogP contribution in [0, 0.1) is 0 Å². The van der Waals surface area contributed by atoms with Gasteiger partial charge >= 0.3 is 0 Å². The Balaban J connectivity index is 1.92. The summed E-state index contributed by atoms with van der Waals surface area (Å²) < 4.78 is 1.16. The van der Waals surface area contributed by atoms with E-state index in [0.717, 1.165) is 11.0 Å². The molecule has 0 amide bonds. The Kier molecular flexibility index (Phi) is 4.54. The zero-order chi connectivity index (χ0) is 10.5. The van der Waals surface area contributed by atoms with E-state index in [2.05, 4.69) is 56.9 Å². The fourth-order valence-electron chi connectivity index (χ4n) is 1.80. The minimum Gasteiger partial charge on any atom is -0.298 e. The lowest BCUT2D eigenvalue weighted by Crippen LogP contribution is -2.25. The average molecular weight is 286 g/mol.